The molecule has 1 rings (SSSR count). The van der Waals surface area contributed by atoms with Gasteiger partial charge < -0.3 is 11.1 Å². The maximum Gasteiger partial charge on any atom is 0.240 e. The molecule has 4 N–H and O–H groups in total. The first kappa shape index (κ1) is 14.9. The van der Waals surface area contributed by atoms with Crippen LogP contribution in [0.15, 0.2) is 29.2 Å². The summed E-state index contributed by atoms with van der Waals surface area (Å²) >= 11 is 0. The third-order valence-electron chi connectivity index (χ3n) is 2.80. The number of sulfonamides is 1. The molecule has 0 saturated heterocycles. The molecule has 0 heterocycles. The summed E-state index contributed by atoms with van der Waals surface area (Å²) in [6, 6.07) is 6.87. The van der Waals surface area contributed by atoms with Gasteiger partial charge in [-0.3, -0.25) is 0 Å². The lowest BCUT2D eigenvalue weighted by Crippen LogP contribution is -2.22. The summed E-state index contributed by atoms with van der Waals surface area (Å²) in [7, 11) is -1.95. The van der Waals surface area contributed by atoms with Gasteiger partial charge in [0.2, 0.25) is 10.0 Å². The molecular weight excluding hydrogens is 250 g/mol. The van der Waals surface area contributed by atoms with E-state index in [9.17, 15) is 8.42 Å². The van der Waals surface area contributed by atoms with Crippen LogP contribution in [0.5, 0.6) is 0 Å². The van der Waals surface area contributed by atoms with E-state index in [1.165, 1.54) is 7.05 Å². The van der Waals surface area contributed by atoms with Gasteiger partial charge in [0.1, 0.15) is 0 Å². The lowest BCUT2D eigenvalue weighted by Gasteiger charge is -2.11. The van der Waals surface area contributed by atoms with E-state index in [1.807, 2.05) is 0 Å². The number of hydrogen-bond donors (Lipinski definition) is 3. The van der Waals surface area contributed by atoms with E-state index in [2.05, 4.69) is 17.0 Å². The molecule has 0 radical (unpaired) electrons. The Morgan fingerprint density at radius 3 is 2.39 bits per heavy atom. The summed E-state index contributed by atoms with van der Waals surface area (Å²) < 4.78 is 25.3. The van der Waals surface area contributed by atoms with Gasteiger partial charge in [-0.05, 0) is 44.2 Å². The molecule has 0 aliphatic heterocycles. The smallest absolute Gasteiger partial charge is 0.240 e. The van der Waals surface area contributed by atoms with Crippen molar-refractivity contribution in [2.24, 2.45) is 5.73 Å². The summed E-state index contributed by atoms with van der Waals surface area (Å²) in [5, 5.41) is 3.21. The van der Waals surface area contributed by atoms with Gasteiger partial charge in [0.05, 0.1) is 4.90 Å². The second-order valence-electron chi connectivity index (χ2n) is 4.12. The molecular formula is C12H21N3O2S. The topological polar surface area (TPSA) is 84.2 Å². The van der Waals surface area contributed by atoms with Crippen LogP contribution in [-0.2, 0) is 10.0 Å². The Bertz CT molecular complexity index is 457. The van der Waals surface area contributed by atoms with Crippen LogP contribution in [0, 0.1) is 0 Å². The van der Waals surface area contributed by atoms with Crippen molar-refractivity contribution in [3.8, 4) is 0 Å². The van der Waals surface area contributed by atoms with Crippen molar-refractivity contribution in [1.82, 2.24) is 4.72 Å². The Labute approximate surface area is 109 Å². The zero-order chi connectivity index (χ0) is 13.6. The van der Waals surface area contributed by atoms with Crippen molar-refractivity contribution in [2.75, 3.05) is 18.9 Å². The number of rotatable bonds is 7. The number of anilines is 1. The van der Waals surface area contributed by atoms with Gasteiger partial charge in [-0.2, -0.15) is 0 Å². The van der Waals surface area contributed by atoms with Crippen molar-refractivity contribution in [3.63, 3.8) is 0 Å². The van der Waals surface area contributed by atoms with E-state index < -0.39 is 10.0 Å². The second kappa shape index (κ2) is 6.72. The maximum absolute atomic E-state index is 11.5. The fraction of sp³-hybridized carbons (Fsp3) is 0.500. The molecule has 0 bridgehead atoms. The van der Waals surface area contributed by atoms with Gasteiger partial charge in [0.25, 0.3) is 0 Å². The summed E-state index contributed by atoms with van der Waals surface area (Å²) in [5.74, 6) is 0. The molecule has 0 saturated carbocycles. The average Bonchev–Trinajstić information content (AvgIpc) is 2.39. The van der Waals surface area contributed by atoms with E-state index >= 15 is 0 Å². The number of nitrogens with one attached hydrogen (secondary N) is 2. The molecule has 0 aliphatic rings. The first-order valence-corrected chi connectivity index (χ1v) is 7.51. The highest BCUT2D eigenvalue weighted by Gasteiger charge is 2.10. The standard InChI is InChI=1S/C12H21N3O2S/c1-3-10(13)8-9-15-11-4-6-12(7-5-11)18(16,17)14-2/h4-7,10,14-15H,3,8-9,13H2,1-2H3. The van der Waals surface area contributed by atoms with Crippen molar-refractivity contribution >= 4 is 15.7 Å². The first-order chi connectivity index (χ1) is 8.49. The molecule has 0 amide bonds. The largest absolute Gasteiger partial charge is 0.385 e. The molecule has 1 atom stereocenters. The summed E-state index contributed by atoms with van der Waals surface area (Å²) in [6.07, 6.45) is 1.86. The molecule has 1 aromatic carbocycles. The quantitative estimate of drug-likeness (QED) is 0.694. The lowest BCUT2D eigenvalue weighted by molar-refractivity contribution is 0.588. The van der Waals surface area contributed by atoms with E-state index in [1.54, 1.807) is 24.3 Å². The van der Waals surface area contributed by atoms with Gasteiger partial charge in [0.15, 0.2) is 0 Å². The number of nitrogens with two attached hydrogens (primary N) is 1. The Balaban J connectivity index is 2.56. The van der Waals surface area contributed by atoms with E-state index in [-0.39, 0.29) is 10.9 Å². The Kier molecular flexibility index (Phi) is 5.58. The molecule has 6 heteroatoms. The van der Waals surface area contributed by atoms with Crippen molar-refractivity contribution in [3.05, 3.63) is 24.3 Å². The van der Waals surface area contributed by atoms with Crippen LogP contribution in [-0.4, -0.2) is 28.1 Å². The molecule has 0 aliphatic carbocycles. The van der Waals surface area contributed by atoms with Crippen LogP contribution < -0.4 is 15.8 Å². The van der Waals surface area contributed by atoms with Crippen molar-refractivity contribution in [2.45, 2.75) is 30.7 Å². The molecule has 1 aromatic rings. The predicted molar refractivity (Wildman–Crippen MR) is 74.1 cm³/mol. The summed E-state index contributed by atoms with van der Waals surface area (Å²) in [4.78, 5) is 0.265. The third kappa shape index (κ3) is 4.29. The summed E-state index contributed by atoms with van der Waals surface area (Å²) in [5.41, 5.74) is 6.71. The van der Waals surface area contributed by atoms with Crippen LogP contribution in [0.2, 0.25) is 0 Å². The third-order valence-corrected chi connectivity index (χ3v) is 4.23. The molecule has 1 unspecified atom stereocenters. The Morgan fingerprint density at radius 2 is 1.89 bits per heavy atom. The molecule has 18 heavy (non-hydrogen) atoms. The van der Waals surface area contributed by atoms with E-state index in [0.717, 1.165) is 25.1 Å². The van der Waals surface area contributed by atoms with Crippen LogP contribution in [0.4, 0.5) is 5.69 Å². The molecule has 0 spiro atoms. The number of hydrogen-bond acceptors (Lipinski definition) is 4. The van der Waals surface area contributed by atoms with Gasteiger partial charge in [-0.15, -0.1) is 0 Å². The highest BCUT2D eigenvalue weighted by molar-refractivity contribution is 7.89. The Hall–Kier alpha value is -1.11. The van der Waals surface area contributed by atoms with Crippen LogP contribution in [0.3, 0.4) is 0 Å². The molecule has 5 nitrogen and oxygen atoms in total. The van der Waals surface area contributed by atoms with Crippen molar-refractivity contribution < 1.29 is 8.42 Å². The van der Waals surface area contributed by atoms with Gasteiger partial charge in [-0.25, -0.2) is 13.1 Å². The second-order valence-corrected chi connectivity index (χ2v) is 6.00. The minimum absolute atomic E-state index is 0.210. The average molecular weight is 271 g/mol. The fourth-order valence-corrected chi connectivity index (χ4v) is 2.21. The Morgan fingerprint density at radius 1 is 1.28 bits per heavy atom. The van der Waals surface area contributed by atoms with Gasteiger partial charge in [0, 0.05) is 18.3 Å². The minimum Gasteiger partial charge on any atom is -0.385 e. The van der Waals surface area contributed by atoms with Crippen LogP contribution in [0.1, 0.15) is 19.8 Å². The molecule has 0 aromatic heterocycles. The normalized spacial score (nSPS) is 13.3. The predicted octanol–water partition coefficient (Wildman–Crippen LogP) is 1.13. The van der Waals surface area contributed by atoms with Gasteiger partial charge in [-0.1, -0.05) is 6.92 Å². The zero-order valence-electron chi connectivity index (χ0n) is 10.8. The van der Waals surface area contributed by atoms with Crippen LogP contribution in [0.25, 0.3) is 0 Å². The fourth-order valence-electron chi connectivity index (χ4n) is 1.48. The highest BCUT2D eigenvalue weighted by Crippen LogP contribution is 2.13. The van der Waals surface area contributed by atoms with Crippen molar-refractivity contribution in [1.29, 1.82) is 0 Å². The van der Waals surface area contributed by atoms with Gasteiger partial charge >= 0.3 is 0 Å². The first-order valence-electron chi connectivity index (χ1n) is 6.02. The van der Waals surface area contributed by atoms with Crippen LogP contribution >= 0.6 is 0 Å². The number of benzene rings is 1. The SMILES string of the molecule is CCC(N)CCNc1ccc(S(=O)(=O)NC)cc1. The maximum atomic E-state index is 11.5. The van der Waals surface area contributed by atoms with E-state index in [4.69, 9.17) is 5.73 Å². The zero-order valence-corrected chi connectivity index (χ0v) is 11.6. The lowest BCUT2D eigenvalue weighted by atomic mass is 10.2. The molecule has 102 valence electrons. The monoisotopic (exact) mass is 271 g/mol. The molecule has 0 fully saturated rings. The minimum atomic E-state index is -3.35. The van der Waals surface area contributed by atoms with E-state index in [0.29, 0.717) is 0 Å². The highest BCUT2D eigenvalue weighted by atomic mass is 32.2. The summed E-state index contributed by atoms with van der Waals surface area (Å²) in [6.45, 7) is 2.84.